The summed E-state index contributed by atoms with van der Waals surface area (Å²) < 4.78 is 457. The number of hydrogen-bond acceptors (Lipinski definition) is 3. The number of halogens is 34. The summed E-state index contributed by atoms with van der Waals surface area (Å²) in [5.74, 6) is -113. The molecule has 0 aromatic carbocycles. The summed E-state index contributed by atoms with van der Waals surface area (Å²) >= 11 is 0. The minimum absolute atomic E-state index is 1.75. The van der Waals surface area contributed by atoms with Gasteiger partial charge in [0.15, 0.2) is 0 Å². The molecule has 0 fully saturated rings. The van der Waals surface area contributed by atoms with Gasteiger partial charge in [-0.2, -0.15) is 149 Å². The lowest BCUT2D eigenvalue weighted by Crippen LogP contribution is -2.72. The molecule has 0 aliphatic carbocycles. The van der Waals surface area contributed by atoms with Gasteiger partial charge in [0.1, 0.15) is 13.2 Å². The van der Waals surface area contributed by atoms with Crippen LogP contribution in [0.3, 0.4) is 0 Å². The fraction of sp³-hybridized carbons (Fsp3) is 0.818. The molecule has 0 amide bonds. The van der Waals surface area contributed by atoms with Crippen molar-refractivity contribution in [2.75, 3.05) is 26.4 Å². The summed E-state index contributed by atoms with van der Waals surface area (Å²) in [4.78, 5) is 0. The SMILES string of the molecule is FC(OCCOCCOC(F)=C(F)C(F)(F)C(F)(F)C(F)(F)C(F)(F)C(F)(F)C(F)(F)C(F)(F)F)=C(F)C(F)(F)C(F)(F)C(F)(F)C(F)(F)C(F)(F)C(F)(F)C(F)(F)F. The number of allylic oxidation sites excluding steroid dienone is 2. The number of ether oxygens (including phenoxy) is 3. The molecule has 0 spiro atoms. The summed E-state index contributed by atoms with van der Waals surface area (Å²) in [5.41, 5.74) is 0. The number of rotatable bonds is 20. The molecule has 3 nitrogen and oxygen atoms in total. The van der Waals surface area contributed by atoms with Gasteiger partial charge in [0.25, 0.3) is 0 Å². The van der Waals surface area contributed by atoms with Crippen LogP contribution < -0.4 is 0 Å². The van der Waals surface area contributed by atoms with Gasteiger partial charge >= 0.3 is 95.4 Å². The molecular formula is C22H8F34O3. The summed E-state index contributed by atoms with van der Waals surface area (Å²) in [6.07, 6.45) is -16.0. The molecule has 37 heteroatoms. The van der Waals surface area contributed by atoms with Crippen molar-refractivity contribution in [2.45, 2.75) is 83.4 Å². The van der Waals surface area contributed by atoms with Crippen LogP contribution >= 0.6 is 0 Å². The highest BCUT2D eigenvalue weighted by molar-refractivity contribution is 5.21. The predicted molar refractivity (Wildman–Crippen MR) is 113 cm³/mol. The molecule has 0 radical (unpaired) electrons. The quantitative estimate of drug-likeness (QED) is 0.0691. The van der Waals surface area contributed by atoms with E-state index in [0.717, 1.165) is 0 Å². The molecule has 352 valence electrons. The van der Waals surface area contributed by atoms with E-state index >= 15 is 0 Å². The molecule has 0 rings (SSSR count). The van der Waals surface area contributed by atoms with Gasteiger partial charge < -0.3 is 14.2 Å². The summed E-state index contributed by atoms with van der Waals surface area (Å²) in [7, 11) is 0. The van der Waals surface area contributed by atoms with Gasteiger partial charge in [0, 0.05) is 0 Å². The second-order valence-electron chi connectivity index (χ2n) is 10.4. The molecule has 0 heterocycles. The summed E-state index contributed by atoms with van der Waals surface area (Å²) in [5, 5.41) is 0. The Labute approximate surface area is 298 Å². The topological polar surface area (TPSA) is 27.7 Å². The largest absolute Gasteiger partial charge is 0.466 e. The molecular weight excluding hydrogens is 958 g/mol. The average molecular weight is 966 g/mol. The number of alkyl halides is 30. The van der Waals surface area contributed by atoms with Crippen LogP contribution in [0.2, 0.25) is 0 Å². The average Bonchev–Trinajstić information content (AvgIpc) is 3.04. The molecule has 0 unspecified atom stereocenters. The monoisotopic (exact) mass is 966 g/mol. The van der Waals surface area contributed by atoms with Gasteiger partial charge in [-0.25, -0.2) is 0 Å². The summed E-state index contributed by atoms with van der Waals surface area (Å²) in [6, 6.07) is -8.02. The van der Waals surface area contributed by atoms with Gasteiger partial charge in [-0.1, -0.05) is 0 Å². The maximum atomic E-state index is 13.7. The highest BCUT2D eigenvalue weighted by Gasteiger charge is 2.95. The second-order valence-corrected chi connectivity index (χ2v) is 10.4. The van der Waals surface area contributed by atoms with Crippen molar-refractivity contribution >= 4 is 0 Å². The van der Waals surface area contributed by atoms with E-state index in [4.69, 9.17) is 0 Å². The number of hydrogen-bond donors (Lipinski definition) is 0. The minimum Gasteiger partial charge on any atom is -0.466 e. The maximum Gasteiger partial charge on any atom is 0.460 e. The van der Waals surface area contributed by atoms with Crippen molar-refractivity contribution in [3.05, 3.63) is 23.7 Å². The van der Waals surface area contributed by atoms with Gasteiger partial charge in [-0.05, 0) is 0 Å². The normalized spacial score (nSPS) is 16.8. The molecule has 59 heavy (non-hydrogen) atoms. The lowest BCUT2D eigenvalue weighted by molar-refractivity contribution is -0.451. The first kappa shape index (κ1) is 55.7. The molecule has 0 aliphatic rings. The van der Waals surface area contributed by atoms with E-state index in [1.165, 1.54) is 0 Å². The van der Waals surface area contributed by atoms with E-state index in [-0.39, 0.29) is 0 Å². The molecule has 0 N–H and O–H groups in total. The van der Waals surface area contributed by atoms with Crippen molar-refractivity contribution in [1.82, 2.24) is 0 Å². The van der Waals surface area contributed by atoms with E-state index in [1.807, 2.05) is 0 Å². The smallest absolute Gasteiger partial charge is 0.460 e. The van der Waals surface area contributed by atoms with Crippen molar-refractivity contribution in [2.24, 2.45) is 0 Å². The third kappa shape index (κ3) is 8.36. The highest BCUT2D eigenvalue weighted by Crippen LogP contribution is 2.65. The first-order valence-corrected chi connectivity index (χ1v) is 13.0. The second kappa shape index (κ2) is 15.8. The van der Waals surface area contributed by atoms with Crippen LogP contribution in [0.1, 0.15) is 0 Å². The van der Waals surface area contributed by atoms with Crippen molar-refractivity contribution in [1.29, 1.82) is 0 Å². The Morgan fingerprint density at radius 1 is 0.254 bits per heavy atom. The fourth-order valence-corrected chi connectivity index (χ4v) is 3.07. The Kier molecular flexibility index (Phi) is 14.9. The van der Waals surface area contributed by atoms with Crippen molar-refractivity contribution < 1.29 is 163 Å². The van der Waals surface area contributed by atoms with Gasteiger partial charge in [-0.15, -0.1) is 0 Å². The Hall–Kier alpha value is -3.34. The van der Waals surface area contributed by atoms with E-state index in [9.17, 15) is 149 Å². The molecule has 0 bridgehead atoms. The Morgan fingerprint density at radius 2 is 0.441 bits per heavy atom. The van der Waals surface area contributed by atoms with Crippen LogP contribution in [0.15, 0.2) is 23.7 Å². The molecule has 0 saturated carbocycles. The Balaban J connectivity index is 5.96. The highest BCUT2D eigenvalue weighted by atomic mass is 19.4. The fourth-order valence-electron chi connectivity index (χ4n) is 3.07. The zero-order valence-electron chi connectivity index (χ0n) is 25.9. The van der Waals surface area contributed by atoms with Crippen molar-refractivity contribution in [3.63, 3.8) is 0 Å². The van der Waals surface area contributed by atoms with Crippen LogP contribution in [-0.2, 0) is 14.2 Å². The molecule has 0 saturated heterocycles. The predicted octanol–water partition coefficient (Wildman–Crippen LogP) is 12.0. The first-order valence-electron chi connectivity index (χ1n) is 13.0. The van der Waals surface area contributed by atoms with Gasteiger partial charge in [-0.3, -0.25) is 0 Å². The van der Waals surface area contributed by atoms with E-state index in [1.54, 1.807) is 0 Å². The van der Waals surface area contributed by atoms with E-state index < -0.39 is 134 Å². The van der Waals surface area contributed by atoms with Gasteiger partial charge in [0.2, 0.25) is 11.7 Å². The van der Waals surface area contributed by atoms with Crippen LogP contribution in [0.5, 0.6) is 0 Å². The van der Waals surface area contributed by atoms with E-state index in [2.05, 4.69) is 14.2 Å². The van der Waals surface area contributed by atoms with Crippen LogP contribution in [0.25, 0.3) is 0 Å². The van der Waals surface area contributed by atoms with Crippen molar-refractivity contribution in [3.8, 4) is 0 Å². The van der Waals surface area contributed by atoms with Crippen LogP contribution in [0.4, 0.5) is 149 Å². The van der Waals surface area contributed by atoms with Gasteiger partial charge in [0.05, 0.1) is 13.2 Å². The molecule has 0 atom stereocenters. The van der Waals surface area contributed by atoms with Crippen LogP contribution in [-0.4, -0.2) is 110 Å². The third-order valence-electron chi connectivity index (χ3n) is 6.46. The molecule has 0 aliphatic heterocycles. The summed E-state index contributed by atoms with van der Waals surface area (Å²) in [6.45, 7) is -7.67. The Bertz CT molecular complexity index is 1420. The van der Waals surface area contributed by atoms with Crippen LogP contribution in [0, 0.1) is 0 Å². The Morgan fingerprint density at radius 3 is 0.644 bits per heavy atom. The zero-order valence-corrected chi connectivity index (χ0v) is 25.9. The standard InChI is InChI=1S/C22H8F34O3/c23-5(9(27,28)11(31,32)13(35,36)15(39,40)17(43,44)19(47,48)21(51,52)53)7(25)58-3-1-57-2-4-59-8(26)6(24)10(29,30)12(33,34)14(37,38)16(41,42)18(45,46)20(49,50)22(54,55)56/h1-4H2. The zero-order chi connectivity index (χ0) is 48.3. The third-order valence-corrected chi connectivity index (χ3v) is 6.46. The lowest BCUT2D eigenvalue weighted by atomic mass is 9.91. The first-order chi connectivity index (χ1) is 25.4. The minimum atomic E-state index is -8.93. The molecule has 0 aromatic heterocycles. The molecule has 0 aromatic rings. The lowest BCUT2D eigenvalue weighted by Gasteiger charge is -2.41. The van der Waals surface area contributed by atoms with E-state index in [0.29, 0.717) is 0 Å². The maximum absolute atomic E-state index is 13.7.